The summed E-state index contributed by atoms with van der Waals surface area (Å²) in [7, 11) is 0. The number of nitrogens with zero attached hydrogens (tertiary/aromatic N) is 2. The van der Waals surface area contributed by atoms with Crippen LogP contribution in [0.3, 0.4) is 0 Å². The van der Waals surface area contributed by atoms with E-state index in [0.29, 0.717) is 17.0 Å². The highest BCUT2D eigenvalue weighted by molar-refractivity contribution is 6.36. The van der Waals surface area contributed by atoms with Gasteiger partial charge in [-0.2, -0.15) is 4.74 Å². The quantitative estimate of drug-likeness (QED) is 0.479. The Morgan fingerprint density at radius 2 is 1.60 bits per heavy atom. The molecule has 0 bridgehead atoms. The van der Waals surface area contributed by atoms with Crippen molar-refractivity contribution in [2.45, 2.75) is 12.5 Å². The average Bonchev–Trinajstić information content (AvgIpc) is 2.86. The summed E-state index contributed by atoms with van der Waals surface area (Å²) in [4.78, 5) is 16.7. The molecule has 1 aliphatic heterocycles. The van der Waals surface area contributed by atoms with Crippen molar-refractivity contribution < 1.29 is 9.53 Å². The van der Waals surface area contributed by atoms with Crippen molar-refractivity contribution in [2.75, 3.05) is 0 Å². The molecule has 1 heterocycles. The van der Waals surface area contributed by atoms with Gasteiger partial charge in [0.15, 0.2) is 5.78 Å². The summed E-state index contributed by atoms with van der Waals surface area (Å²) >= 11 is 0. The highest BCUT2D eigenvalue weighted by Crippen LogP contribution is 2.38. The Hall–Kier alpha value is -3.27. The number of allylic oxidation sites excluding steroid dienone is 3. The summed E-state index contributed by atoms with van der Waals surface area (Å²) in [6, 6.07) is 19.0. The number of hydrogen-bond donors (Lipinski definition) is 0. The highest BCUT2D eigenvalue weighted by atomic mass is 16.5. The van der Waals surface area contributed by atoms with E-state index in [-0.39, 0.29) is 5.78 Å². The number of benzene rings is 2. The van der Waals surface area contributed by atoms with Crippen molar-refractivity contribution in [2.24, 2.45) is 4.99 Å². The minimum absolute atomic E-state index is 0.134. The molecule has 25 heavy (non-hydrogen) atoms. The molecule has 1 unspecified atom stereocenters. The number of rotatable bonds is 2. The molecule has 0 aromatic heterocycles. The minimum atomic E-state index is -0.993. The first kappa shape index (κ1) is 15.3. The largest absolute Gasteiger partial charge is 0.622 e. The second-order valence-corrected chi connectivity index (χ2v) is 6.21. The Morgan fingerprint density at radius 1 is 0.960 bits per heavy atom. The Labute approximate surface area is 145 Å². The molecule has 2 aliphatic rings. The lowest BCUT2D eigenvalue weighted by molar-refractivity contribution is -0.524. The van der Waals surface area contributed by atoms with Gasteiger partial charge in [0.2, 0.25) is 11.3 Å². The molecule has 4 rings (SSSR count). The third-order valence-corrected chi connectivity index (χ3v) is 4.64. The van der Waals surface area contributed by atoms with E-state index in [9.17, 15) is 10.0 Å². The van der Waals surface area contributed by atoms with Gasteiger partial charge in [-0.1, -0.05) is 48.5 Å². The summed E-state index contributed by atoms with van der Waals surface area (Å²) < 4.78 is 0.957. The van der Waals surface area contributed by atoms with Crippen LogP contribution in [0.1, 0.15) is 12.5 Å². The first-order valence-corrected chi connectivity index (χ1v) is 8.09. The van der Waals surface area contributed by atoms with Crippen LogP contribution in [0.25, 0.3) is 0 Å². The molecule has 0 saturated heterocycles. The van der Waals surface area contributed by atoms with Gasteiger partial charge in [-0.3, -0.25) is 4.79 Å². The van der Waals surface area contributed by atoms with E-state index < -0.39 is 5.54 Å². The van der Waals surface area contributed by atoms with Crippen LogP contribution in [0.5, 0.6) is 0 Å². The van der Waals surface area contributed by atoms with E-state index in [0.717, 1.165) is 16.0 Å². The topological polar surface area (TPSA) is 55.5 Å². The Bertz CT molecular complexity index is 969. The Balaban J connectivity index is 1.99. The zero-order chi connectivity index (χ0) is 17.4. The molecule has 2 aromatic rings. The smallest absolute Gasteiger partial charge is 0.238 e. The first-order valence-electron chi connectivity index (χ1n) is 8.09. The maximum Gasteiger partial charge on any atom is 0.238 e. The van der Waals surface area contributed by atoms with Crippen molar-refractivity contribution in [3.05, 3.63) is 95.2 Å². The lowest BCUT2D eigenvalue weighted by Gasteiger charge is -2.24. The fraction of sp³-hybridized carbons (Fsp3) is 0.0952. The van der Waals surface area contributed by atoms with E-state index in [1.54, 1.807) is 6.08 Å². The summed E-state index contributed by atoms with van der Waals surface area (Å²) in [6.07, 6.45) is 4.50. The van der Waals surface area contributed by atoms with Crippen molar-refractivity contribution in [3.63, 3.8) is 0 Å². The van der Waals surface area contributed by atoms with Gasteiger partial charge in [0.05, 0.1) is 11.3 Å². The average molecular weight is 328 g/mol. The zero-order valence-electron chi connectivity index (χ0n) is 13.7. The van der Waals surface area contributed by atoms with Crippen molar-refractivity contribution >= 4 is 22.9 Å². The molecule has 0 fully saturated rings. The molecule has 4 heteroatoms. The van der Waals surface area contributed by atoms with E-state index in [4.69, 9.17) is 4.99 Å². The molecule has 1 aliphatic carbocycles. The third-order valence-electron chi connectivity index (χ3n) is 4.64. The Morgan fingerprint density at radius 3 is 2.28 bits per heavy atom. The molecule has 0 radical (unpaired) electrons. The SMILES string of the molecule is CC1(c2ccccc2)C(=Nc2ccccc2)C2=CC(=O)C=CC2=[N+]1[O-]. The third kappa shape index (κ3) is 2.34. The maximum atomic E-state index is 13.2. The van der Waals surface area contributed by atoms with Gasteiger partial charge in [0, 0.05) is 24.6 Å². The van der Waals surface area contributed by atoms with Gasteiger partial charge >= 0.3 is 0 Å². The van der Waals surface area contributed by atoms with Crippen molar-refractivity contribution in [1.29, 1.82) is 0 Å². The fourth-order valence-corrected chi connectivity index (χ4v) is 3.30. The van der Waals surface area contributed by atoms with Crippen LogP contribution in [0.2, 0.25) is 0 Å². The standard InChI is InChI=1S/C21H16N2O2/c1-21(15-8-4-2-5-9-15)20(22-16-10-6-3-7-11-16)18-14-17(24)12-13-19(18)23(21)25/h2-14H,1H3. The predicted molar refractivity (Wildman–Crippen MR) is 98.2 cm³/mol. The molecule has 4 nitrogen and oxygen atoms in total. The highest BCUT2D eigenvalue weighted by Gasteiger charge is 2.52. The number of fused-ring (bicyclic) bond motifs is 1. The number of hydroxylamine groups is 1. The number of carbonyl (C=O) groups is 1. The number of para-hydroxylation sites is 1. The second-order valence-electron chi connectivity index (χ2n) is 6.21. The summed E-state index contributed by atoms with van der Waals surface area (Å²) in [5, 5.41) is 13.2. The van der Waals surface area contributed by atoms with Gasteiger partial charge < -0.3 is 5.21 Å². The molecule has 0 saturated carbocycles. The van der Waals surface area contributed by atoms with E-state index in [2.05, 4.69) is 0 Å². The monoisotopic (exact) mass is 328 g/mol. The van der Waals surface area contributed by atoms with Gasteiger partial charge in [0.1, 0.15) is 5.71 Å². The maximum absolute atomic E-state index is 13.2. The van der Waals surface area contributed by atoms with Crippen LogP contribution in [0, 0.1) is 5.21 Å². The first-order chi connectivity index (χ1) is 12.1. The van der Waals surface area contributed by atoms with Crippen molar-refractivity contribution in [1.82, 2.24) is 0 Å². The predicted octanol–water partition coefficient (Wildman–Crippen LogP) is 3.70. The molecule has 0 amide bonds. The lowest BCUT2D eigenvalue weighted by Crippen LogP contribution is -2.37. The molecule has 122 valence electrons. The van der Waals surface area contributed by atoms with Crippen molar-refractivity contribution in [3.8, 4) is 0 Å². The van der Waals surface area contributed by atoms with Crippen LogP contribution in [-0.4, -0.2) is 21.9 Å². The van der Waals surface area contributed by atoms with Crippen LogP contribution < -0.4 is 0 Å². The van der Waals surface area contributed by atoms with Gasteiger partial charge in [-0.25, -0.2) is 4.99 Å². The van der Waals surface area contributed by atoms with E-state index >= 15 is 0 Å². The normalized spacial score (nSPS) is 23.8. The summed E-state index contributed by atoms with van der Waals surface area (Å²) in [5.41, 5.74) is 2.25. The molecular formula is C21H16N2O2. The number of aliphatic imine (C=N–C) groups is 1. The van der Waals surface area contributed by atoms with Crippen LogP contribution in [0.15, 0.2) is 89.5 Å². The summed E-state index contributed by atoms with van der Waals surface area (Å²) in [5.74, 6) is -0.134. The van der Waals surface area contributed by atoms with Crippen LogP contribution in [-0.2, 0) is 10.3 Å². The van der Waals surface area contributed by atoms with E-state index in [1.807, 2.05) is 67.6 Å². The van der Waals surface area contributed by atoms with Gasteiger partial charge in [0.25, 0.3) is 0 Å². The molecule has 2 aromatic carbocycles. The van der Waals surface area contributed by atoms with Gasteiger partial charge in [-0.15, -0.1) is 0 Å². The van der Waals surface area contributed by atoms with Gasteiger partial charge in [-0.05, 0) is 18.2 Å². The second kappa shape index (κ2) is 5.67. The van der Waals surface area contributed by atoms with Crippen LogP contribution >= 0.6 is 0 Å². The molecule has 1 atom stereocenters. The zero-order valence-corrected chi connectivity index (χ0v) is 13.7. The summed E-state index contributed by atoms with van der Waals surface area (Å²) in [6.45, 7) is 1.85. The fourth-order valence-electron chi connectivity index (χ4n) is 3.30. The molecule has 0 spiro atoms. The van der Waals surface area contributed by atoms with Crippen LogP contribution in [0.4, 0.5) is 5.69 Å². The minimum Gasteiger partial charge on any atom is -0.622 e. The number of ketones is 1. The lowest BCUT2D eigenvalue weighted by atomic mass is 9.85. The number of carbonyl (C=O) groups excluding carboxylic acids is 1. The number of hydrogen-bond acceptors (Lipinski definition) is 3. The molecule has 0 N–H and O–H groups in total. The van der Waals surface area contributed by atoms with E-state index in [1.165, 1.54) is 12.2 Å². The molecular weight excluding hydrogens is 312 g/mol. The Kier molecular flexibility index (Phi) is 3.46.